The highest BCUT2D eigenvalue weighted by Gasteiger charge is 2.56. The number of carbonyl (C=O) groups is 2. The zero-order chi connectivity index (χ0) is 12.6. The summed E-state index contributed by atoms with van der Waals surface area (Å²) in [4.78, 5) is 22.5. The van der Waals surface area contributed by atoms with E-state index in [1.54, 1.807) is 0 Å². The van der Waals surface area contributed by atoms with Crippen LogP contribution in [0, 0.1) is 11.8 Å². The molecule has 17 heavy (non-hydrogen) atoms. The lowest BCUT2D eigenvalue weighted by Crippen LogP contribution is -2.40. The van der Waals surface area contributed by atoms with Gasteiger partial charge in [0.2, 0.25) is 5.91 Å². The summed E-state index contributed by atoms with van der Waals surface area (Å²) in [6, 6.07) is 0.0721. The van der Waals surface area contributed by atoms with Crippen LogP contribution in [-0.2, 0) is 9.59 Å². The van der Waals surface area contributed by atoms with E-state index < -0.39 is 10.3 Å². The fourth-order valence-corrected chi connectivity index (χ4v) is 2.79. The van der Waals surface area contributed by atoms with Crippen LogP contribution in [0.4, 0.5) is 0 Å². The highest BCUT2D eigenvalue weighted by molar-refractivity contribution is 6.52. The Bertz CT molecular complexity index is 338. The second-order valence-corrected chi connectivity index (χ2v) is 6.46. The van der Waals surface area contributed by atoms with Gasteiger partial charge in [0, 0.05) is 6.04 Å². The Balaban J connectivity index is 1.75. The molecule has 0 spiro atoms. The lowest BCUT2D eigenvalue weighted by molar-refractivity contribution is -0.142. The minimum atomic E-state index is -0.887. The van der Waals surface area contributed by atoms with Crippen molar-refractivity contribution in [3.8, 4) is 0 Å². The summed E-state index contributed by atoms with van der Waals surface area (Å²) in [5.41, 5.74) is 0. The summed E-state index contributed by atoms with van der Waals surface area (Å²) in [5.74, 6) is -1.40. The summed E-state index contributed by atoms with van der Waals surface area (Å²) in [7, 11) is 0. The molecule has 1 amide bonds. The monoisotopic (exact) mass is 279 g/mol. The number of hydrogen-bond acceptors (Lipinski definition) is 2. The van der Waals surface area contributed by atoms with E-state index in [0.717, 1.165) is 0 Å². The Morgan fingerprint density at radius 2 is 1.71 bits per heavy atom. The van der Waals surface area contributed by atoms with Crippen LogP contribution >= 0.6 is 23.2 Å². The number of carboxylic acids is 1. The Morgan fingerprint density at radius 1 is 1.18 bits per heavy atom. The smallest absolute Gasteiger partial charge is 0.306 e. The molecular formula is C11H15Cl2NO3. The molecule has 6 heteroatoms. The predicted octanol–water partition coefficient (Wildman–Crippen LogP) is 1.94. The molecule has 0 heterocycles. The minimum absolute atomic E-state index is 0.0721. The van der Waals surface area contributed by atoms with Crippen molar-refractivity contribution >= 4 is 35.1 Å². The zero-order valence-corrected chi connectivity index (χ0v) is 10.8. The third-order valence-corrected chi connectivity index (χ3v) is 4.40. The lowest BCUT2D eigenvalue weighted by atomic mass is 9.86. The number of carboxylic acid groups (broad SMARTS) is 1. The quantitative estimate of drug-likeness (QED) is 0.776. The number of hydrogen-bond donors (Lipinski definition) is 2. The zero-order valence-electron chi connectivity index (χ0n) is 9.29. The molecule has 2 N–H and O–H groups in total. The van der Waals surface area contributed by atoms with Crippen LogP contribution < -0.4 is 5.32 Å². The van der Waals surface area contributed by atoms with Crippen LogP contribution in [0.15, 0.2) is 0 Å². The summed E-state index contributed by atoms with van der Waals surface area (Å²) in [5, 5.41) is 11.7. The van der Waals surface area contributed by atoms with E-state index in [-0.39, 0.29) is 23.8 Å². The van der Waals surface area contributed by atoms with Crippen LogP contribution in [0.1, 0.15) is 32.1 Å². The fraction of sp³-hybridized carbons (Fsp3) is 0.818. The molecule has 0 radical (unpaired) electrons. The summed E-state index contributed by atoms with van der Waals surface area (Å²) in [6.07, 6.45) is 3.18. The summed E-state index contributed by atoms with van der Waals surface area (Å²) < 4.78 is -0.887. The van der Waals surface area contributed by atoms with Crippen LogP contribution in [0.5, 0.6) is 0 Å². The number of nitrogens with one attached hydrogen (secondary N) is 1. The van der Waals surface area contributed by atoms with Crippen LogP contribution in [0.2, 0.25) is 0 Å². The first-order valence-corrected chi connectivity index (χ1v) is 6.57. The lowest BCUT2D eigenvalue weighted by Gasteiger charge is -2.26. The maximum atomic E-state index is 11.7. The molecule has 2 aliphatic rings. The maximum absolute atomic E-state index is 11.7. The van der Waals surface area contributed by atoms with Crippen molar-refractivity contribution in [3.63, 3.8) is 0 Å². The van der Waals surface area contributed by atoms with Gasteiger partial charge in [-0.1, -0.05) is 0 Å². The van der Waals surface area contributed by atoms with Crippen molar-refractivity contribution in [1.82, 2.24) is 5.32 Å². The third kappa shape index (κ3) is 3.05. The van der Waals surface area contributed by atoms with E-state index >= 15 is 0 Å². The van der Waals surface area contributed by atoms with Crippen molar-refractivity contribution < 1.29 is 14.7 Å². The van der Waals surface area contributed by atoms with Gasteiger partial charge in [-0.15, -0.1) is 23.2 Å². The molecule has 0 aromatic rings. The average Bonchev–Trinajstić information content (AvgIpc) is 2.89. The Morgan fingerprint density at radius 3 is 2.12 bits per heavy atom. The summed E-state index contributed by atoms with van der Waals surface area (Å²) in [6.45, 7) is 0. The molecule has 2 saturated carbocycles. The molecule has 0 unspecified atom stereocenters. The van der Waals surface area contributed by atoms with Crippen molar-refractivity contribution in [2.75, 3.05) is 0 Å². The van der Waals surface area contributed by atoms with Crippen molar-refractivity contribution in [1.29, 1.82) is 0 Å². The van der Waals surface area contributed by atoms with E-state index in [0.29, 0.717) is 32.1 Å². The van der Waals surface area contributed by atoms with Gasteiger partial charge in [0.25, 0.3) is 0 Å². The van der Waals surface area contributed by atoms with Gasteiger partial charge >= 0.3 is 5.97 Å². The van der Waals surface area contributed by atoms with E-state index in [1.165, 1.54) is 0 Å². The molecule has 0 aromatic carbocycles. The number of carbonyl (C=O) groups excluding carboxylic acids is 1. The van der Waals surface area contributed by atoms with E-state index in [9.17, 15) is 9.59 Å². The second-order valence-electron chi connectivity index (χ2n) is 4.91. The predicted molar refractivity (Wildman–Crippen MR) is 64.1 cm³/mol. The van der Waals surface area contributed by atoms with Gasteiger partial charge in [0.15, 0.2) is 0 Å². The van der Waals surface area contributed by atoms with Crippen molar-refractivity contribution in [3.05, 3.63) is 0 Å². The highest BCUT2D eigenvalue weighted by Crippen LogP contribution is 2.53. The Labute approximate surface area is 110 Å². The van der Waals surface area contributed by atoms with Crippen molar-refractivity contribution in [2.24, 2.45) is 11.8 Å². The molecule has 96 valence electrons. The maximum Gasteiger partial charge on any atom is 0.306 e. The molecule has 2 aliphatic carbocycles. The van der Waals surface area contributed by atoms with Crippen LogP contribution in [0.3, 0.4) is 0 Å². The second kappa shape index (κ2) is 4.65. The first-order chi connectivity index (χ1) is 7.90. The topological polar surface area (TPSA) is 66.4 Å². The Hall–Kier alpha value is -0.480. The van der Waals surface area contributed by atoms with E-state index in [4.69, 9.17) is 28.3 Å². The largest absolute Gasteiger partial charge is 0.481 e. The van der Waals surface area contributed by atoms with Crippen LogP contribution in [-0.4, -0.2) is 27.4 Å². The normalized spacial score (nSPS) is 35.1. The number of aliphatic carboxylic acids is 1. The van der Waals surface area contributed by atoms with E-state index in [2.05, 4.69) is 5.32 Å². The van der Waals surface area contributed by atoms with Gasteiger partial charge in [-0.3, -0.25) is 9.59 Å². The SMILES string of the molecule is O=C(O)C1CCC(NC(=O)[C@H]2CC2(Cl)Cl)CC1. The standard InChI is InChI=1S/C11H15Cl2NO3/c12-11(13)5-8(11)9(15)14-7-3-1-6(2-4-7)10(16)17/h6-8H,1-5H2,(H,14,15)(H,16,17)/t6?,7?,8-/m1/s1. The molecule has 0 saturated heterocycles. The summed E-state index contributed by atoms with van der Waals surface area (Å²) >= 11 is 11.6. The molecule has 4 nitrogen and oxygen atoms in total. The molecule has 0 aromatic heterocycles. The molecule has 2 rings (SSSR count). The van der Waals surface area contributed by atoms with Gasteiger partial charge in [-0.25, -0.2) is 0 Å². The number of amides is 1. The van der Waals surface area contributed by atoms with Gasteiger partial charge in [0.05, 0.1) is 11.8 Å². The Kier molecular flexibility index (Phi) is 3.55. The third-order valence-electron chi connectivity index (χ3n) is 3.57. The first kappa shape index (κ1) is 13.0. The molecule has 1 atom stereocenters. The highest BCUT2D eigenvalue weighted by atomic mass is 35.5. The minimum Gasteiger partial charge on any atom is -0.481 e. The van der Waals surface area contributed by atoms with E-state index in [1.807, 2.05) is 0 Å². The molecule has 0 aliphatic heterocycles. The molecule has 0 bridgehead atoms. The molecular weight excluding hydrogens is 265 g/mol. The number of halogens is 2. The first-order valence-electron chi connectivity index (χ1n) is 5.81. The molecule has 2 fully saturated rings. The van der Waals surface area contributed by atoms with Gasteiger partial charge in [0.1, 0.15) is 4.33 Å². The van der Waals surface area contributed by atoms with Crippen LogP contribution in [0.25, 0.3) is 0 Å². The van der Waals surface area contributed by atoms with Crippen molar-refractivity contribution in [2.45, 2.75) is 42.5 Å². The van der Waals surface area contributed by atoms with Gasteiger partial charge < -0.3 is 10.4 Å². The number of alkyl halides is 2. The van der Waals surface area contributed by atoms with Gasteiger partial charge in [-0.2, -0.15) is 0 Å². The average molecular weight is 280 g/mol. The fourth-order valence-electron chi connectivity index (χ4n) is 2.28. The van der Waals surface area contributed by atoms with Gasteiger partial charge in [-0.05, 0) is 32.1 Å². The number of rotatable bonds is 3.